The highest BCUT2D eigenvalue weighted by atomic mass is 32.2. The molecule has 0 unspecified atom stereocenters. The predicted octanol–water partition coefficient (Wildman–Crippen LogP) is 5.81. The largest absolute Gasteiger partial charge is 0.460 e. The van der Waals surface area contributed by atoms with E-state index in [0.717, 1.165) is 12.1 Å². The number of anilines is 2. The lowest BCUT2D eigenvalue weighted by Gasteiger charge is -2.25. The number of carbonyl (C=O) groups excluding carboxylic acids is 1. The number of nitrogens with one attached hydrogen (secondary N) is 1. The van der Waals surface area contributed by atoms with Gasteiger partial charge in [0.25, 0.3) is 10.0 Å². The van der Waals surface area contributed by atoms with Crippen LogP contribution in [0.5, 0.6) is 0 Å². The van der Waals surface area contributed by atoms with Gasteiger partial charge in [0, 0.05) is 31.7 Å². The van der Waals surface area contributed by atoms with Crippen LogP contribution >= 0.6 is 0 Å². The first-order chi connectivity index (χ1) is 19.7. The van der Waals surface area contributed by atoms with E-state index in [9.17, 15) is 26.4 Å². The molecule has 42 heavy (non-hydrogen) atoms. The van der Waals surface area contributed by atoms with Gasteiger partial charge in [-0.05, 0) is 63.4 Å². The number of nitrogens with zero attached hydrogens (tertiary/aromatic N) is 3. The lowest BCUT2D eigenvalue weighted by molar-refractivity contribution is -0.154. The highest BCUT2D eigenvalue weighted by molar-refractivity contribution is 7.92. The van der Waals surface area contributed by atoms with Gasteiger partial charge in [-0.25, -0.2) is 9.97 Å². The van der Waals surface area contributed by atoms with E-state index in [1.54, 1.807) is 45.0 Å². The summed E-state index contributed by atoms with van der Waals surface area (Å²) < 4.78 is 82.0. The molecule has 2 aromatic heterocycles. The standard InChI is InChI=1S/C29H33F3N4O5S/c1-28(2,3)41-26(37)13-7-16-36-17-8-18-40-19-20-9-4-5-10-21(20)27-22(29(30,31)32)14-15-23(33-27)35-42(38,39)25-12-6-11-24(36)34-25/h4-6,9-12,14-15H,7-8,13,16-19H2,1-3H3,(H,33,35). The highest BCUT2D eigenvalue weighted by Crippen LogP contribution is 2.38. The molecule has 1 aromatic carbocycles. The molecule has 0 saturated heterocycles. The predicted molar refractivity (Wildman–Crippen MR) is 151 cm³/mol. The molecule has 0 aliphatic carbocycles. The van der Waals surface area contributed by atoms with Crippen molar-refractivity contribution in [3.05, 3.63) is 65.7 Å². The second-order valence-electron chi connectivity index (χ2n) is 10.8. The summed E-state index contributed by atoms with van der Waals surface area (Å²) in [5, 5.41) is -0.330. The molecular formula is C29H33F3N4O5S. The van der Waals surface area contributed by atoms with Gasteiger partial charge < -0.3 is 14.4 Å². The monoisotopic (exact) mass is 606 g/mol. The van der Waals surface area contributed by atoms with Crippen LogP contribution in [0, 0.1) is 0 Å². The third kappa shape index (κ3) is 8.19. The van der Waals surface area contributed by atoms with E-state index in [-0.39, 0.29) is 42.0 Å². The number of sulfonamides is 1. The summed E-state index contributed by atoms with van der Waals surface area (Å²) in [5.41, 5.74) is -1.35. The third-order valence-electron chi connectivity index (χ3n) is 6.22. The van der Waals surface area contributed by atoms with E-state index < -0.39 is 33.1 Å². The maximum absolute atomic E-state index is 14.0. The van der Waals surface area contributed by atoms with Crippen molar-refractivity contribution in [1.29, 1.82) is 0 Å². The van der Waals surface area contributed by atoms with Gasteiger partial charge >= 0.3 is 12.1 Å². The summed E-state index contributed by atoms with van der Waals surface area (Å²) in [4.78, 5) is 22.5. The zero-order valence-electron chi connectivity index (χ0n) is 23.6. The van der Waals surface area contributed by atoms with E-state index in [1.807, 2.05) is 4.90 Å². The zero-order chi connectivity index (χ0) is 30.5. The fourth-order valence-electron chi connectivity index (χ4n) is 4.43. The molecule has 4 rings (SSSR count). The smallest absolute Gasteiger partial charge is 0.418 e. The Bertz CT molecular complexity index is 1520. The first-order valence-corrected chi connectivity index (χ1v) is 14.9. The molecule has 0 amide bonds. The molecule has 9 nitrogen and oxygen atoms in total. The Morgan fingerprint density at radius 1 is 1.05 bits per heavy atom. The molecule has 4 bridgehead atoms. The molecule has 0 radical (unpaired) electrons. The Morgan fingerprint density at radius 2 is 1.81 bits per heavy atom. The molecule has 0 fully saturated rings. The Balaban J connectivity index is 1.68. The number of pyridine rings is 2. The van der Waals surface area contributed by atoms with E-state index in [0.29, 0.717) is 37.3 Å². The number of ether oxygens (including phenoxy) is 2. The van der Waals surface area contributed by atoms with Crippen LogP contribution in [0.25, 0.3) is 11.3 Å². The van der Waals surface area contributed by atoms with Gasteiger partial charge in [0.1, 0.15) is 17.2 Å². The number of rotatable bonds is 4. The molecule has 1 aliphatic heterocycles. The van der Waals surface area contributed by atoms with Crippen molar-refractivity contribution in [3.8, 4) is 11.3 Å². The van der Waals surface area contributed by atoms with E-state index in [2.05, 4.69) is 14.7 Å². The number of fused-ring (bicyclic) bond motifs is 6. The number of halogens is 3. The van der Waals surface area contributed by atoms with Gasteiger partial charge in [0.05, 0.1) is 17.9 Å². The van der Waals surface area contributed by atoms with Crippen molar-refractivity contribution >= 4 is 27.6 Å². The summed E-state index contributed by atoms with van der Waals surface area (Å²) in [6.07, 6.45) is -3.61. The number of alkyl halides is 3. The number of esters is 1. The number of hydrogen-bond acceptors (Lipinski definition) is 8. The van der Waals surface area contributed by atoms with Crippen molar-refractivity contribution in [2.75, 3.05) is 29.3 Å². The second-order valence-corrected chi connectivity index (χ2v) is 12.4. The van der Waals surface area contributed by atoms with Gasteiger partial charge in [-0.15, -0.1) is 0 Å². The van der Waals surface area contributed by atoms with Crippen LogP contribution in [0.1, 0.15) is 51.2 Å². The summed E-state index contributed by atoms with van der Waals surface area (Å²) in [5.74, 6) is -0.265. The van der Waals surface area contributed by atoms with Gasteiger partial charge in [0.2, 0.25) is 0 Å². The molecule has 0 spiro atoms. The number of aromatic nitrogens is 2. The molecule has 1 aliphatic rings. The molecule has 3 heterocycles. The summed E-state index contributed by atoms with van der Waals surface area (Å²) in [6, 6.07) is 12.7. The van der Waals surface area contributed by atoms with Crippen LogP contribution in [-0.2, 0) is 37.1 Å². The van der Waals surface area contributed by atoms with Gasteiger partial charge in [-0.2, -0.15) is 21.6 Å². The molecular weight excluding hydrogens is 573 g/mol. The second kappa shape index (κ2) is 12.7. The summed E-state index contributed by atoms with van der Waals surface area (Å²) >= 11 is 0. The van der Waals surface area contributed by atoms with Crippen molar-refractivity contribution in [2.24, 2.45) is 0 Å². The van der Waals surface area contributed by atoms with Gasteiger partial charge in [-0.3, -0.25) is 9.52 Å². The quantitative estimate of drug-likeness (QED) is 0.371. The topological polar surface area (TPSA) is 111 Å². The Kier molecular flexibility index (Phi) is 9.41. The van der Waals surface area contributed by atoms with Crippen LogP contribution in [0.2, 0.25) is 0 Å². The summed E-state index contributed by atoms with van der Waals surface area (Å²) in [7, 11) is -4.32. The summed E-state index contributed by atoms with van der Waals surface area (Å²) in [6.45, 7) is 6.50. The van der Waals surface area contributed by atoms with Crippen LogP contribution in [0.4, 0.5) is 24.8 Å². The van der Waals surface area contributed by atoms with E-state index in [4.69, 9.17) is 9.47 Å². The molecule has 0 atom stereocenters. The minimum atomic E-state index is -4.72. The Labute approximate surface area is 243 Å². The van der Waals surface area contributed by atoms with Crippen molar-refractivity contribution in [2.45, 2.75) is 63.4 Å². The molecule has 1 N–H and O–H groups in total. The van der Waals surface area contributed by atoms with Crippen LogP contribution in [-0.4, -0.2) is 49.7 Å². The Morgan fingerprint density at radius 3 is 2.55 bits per heavy atom. The first-order valence-electron chi connectivity index (χ1n) is 13.4. The lowest BCUT2D eigenvalue weighted by Crippen LogP contribution is -2.29. The molecule has 13 heteroatoms. The average Bonchev–Trinajstić information content (AvgIpc) is 2.90. The van der Waals surface area contributed by atoms with Gasteiger partial charge in [-0.1, -0.05) is 30.3 Å². The van der Waals surface area contributed by atoms with Crippen molar-refractivity contribution in [1.82, 2.24) is 9.97 Å². The average molecular weight is 607 g/mol. The highest BCUT2D eigenvalue weighted by Gasteiger charge is 2.35. The minimum absolute atomic E-state index is 0.0253. The van der Waals surface area contributed by atoms with Crippen LogP contribution < -0.4 is 9.62 Å². The van der Waals surface area contributed by atoms with Crippen molar-refractivity contribution in [3.63, 3.8) is 0 Å². The fourth-order valence-corrected chi connectivity index (χ4v) is 5.40. The lowest BCUT2D eigenvalue weighted by atomic mass is 10.00. The number of benzene rings is 1. The Hall–Kier alpha value is -3.71. The SMILES string of the molecule is CC(C)(C)OC(=O)CCCN1CCCOCc2ccccc2-c2nc(ccc2C(F)(F)F)NS(=O)(=O)c2cccc1n2. The van der Waals surface area contributed by atoms with Gasteiger partial charge in [0.15, 0.2) is 5.03 Å². The zero-order valence-corrected chi connectivity index (χ0v) is 24.4. The maximum Gasteiger partial charge on any atom is 0.418 e. The van der Waals surface area contributed by atoms with E-state index >= 15 is 0 Å². The first kappa shape index (κ1) is 31.2. The molecule has 226 valence electrons. The van der Waals surface area contributed by atoms with Crippen LogP contribution in [0.15, 0.2) is 59.6 Å². The normalized spacial score (nSPS) is 15.8. The molecule has 0 saturated carbocycles. The molecule has 3 aromatic rings. The maximum atomic E-state index is 14.0. The fraction of sp³-hybridized carbons (Fsp3) is 0.414. The third-order valence-corrected chi connectivity index (χ3v) is 7.48. The minimum Gasteiger partial charge on any atom is -0.460 e. The van der Waals surface area contributed by atoms with Crippen LogP contribution in [0.3, 0.4) is 0 Å². The van der Waals surface area contributed by atoms with Crippen molar-refractivity contribution < 1.29 is 35.9 Å². The number of hydrogen-bond donors (Lipinski definition) is 1. The number of carbonyl (C=O) groups is 1. The van der Waals surface area contributed by atoms with E-state index in [1.165, 1.54) is 18.2 Å².